The molecule has 0 aliphatic heterocycles. The fourth-order valence-corrected chi connectivity index (χ4v) is 0.386. The topological polar surface area (TPSA) is 0 Å². The molecule has 0 atom stereocenters. The van der Waals surface area contributed by atoms with E-state index in [9.17, 15) is 43.9 Å². The summed E-state index contributed by atoms with van der Waals surface area (Å²) in [7, 11) is 0. The first-order valence-electron chi connectivity index (χ1n) is 3.99. The molecule has 0 aromatic heterocycles. The molecule has 0 aromatic carbocycles. The normalized spacial score (nSPS) is 11.2. The Hall–Kier alpha value is -1.22. The van der Waals surface area contributed by atoms with E-state index in [1.807, 2.05) is 0 Å². The van der Waals surface area contributed by atoms with Gasteiger partial charge in [0.25, 0.3) is 12.2 Å². The number of halogens is 10. The maximum absolute atomic E-state index is 11.0. The van der Waals surface area contributed by atoms with Gasteiger partial charge in [-0.1, -0.05) is 0 Å². The molecule has 0 amide bonds. The van der Waals surface area contributed by atoms with Crippen molar-refractivity contribution in [2.45, 2.75) is 25.2 Å². The van der Waals surface area contributed by atoms with E-state index in [-0.39, 0.29) is 12.2 Å². The van der Waals surface area contributed by atoms with Gasteiger partial charge in [0.2, 0.25) is 0 Å². The van der Waals surface area contributed by atoms with E-state index in [2.05, 4.69) is 0 Å². The molecule has 0 fully saturated rings. The first-order chi connectivity index (χ1) is 7.83. The van der Waals surface area contributed by atoms with Crippen LogP contribution in [0, 0.1) is 0 Å². The average molecular weight is 292 g/mol. The molecule has 0 nitrogen and oxygen atoms in total. The molecule has 0 saturated heterocycles. The highest BCUT2D eigenvalue weighted by Gasteiger charge is 2.26. The maximum Gasteiger partial charge on any atom is 0.392 e. The zero-order chi connectivity index (χ0) is 15.0. The standard InChI is InChI=1S/2C4H3F5/c2*5-3(6)1-2-4(7,8)9/h2*1H,2H2. The van der Waals surface area contributed by atoms with Gasteiger partial charge in [0.1, 0.15) is 0 Å². The highest BCUT2D eigenvalue weighted by Crippen LogP contribution is 2.21. The van der Waals surface area contributed by atoms with E-state index in [1.54, 1.807) is 0 Å². The van der Waals surface area contributed by atoms with Gasteiger partial charge in [0.05, 0.1) is 12.8 Å². The molecule has 0 saturated carbocycles. The van der Waals surface area contributed by atoms with Gasteiger partial charge in [-0.05, 0) is 12.2 Å². The molecule has 0 rings (SSSR count). The van der Waals surface area contributed by atoms with E-state index in [4.69, 9.17) is 0 Å². The number of hydrogen-bond donors (Lipinski definition) is 0. The lowest BCUT2D eigenvalue weighted by molar-refractivity contribution is -0.126. The molecule has 0 aliphatic carbocycles. The van der Waals surface area contributed by atoms with Crippen molar-refractivity contribution < 1.29 is 43.9 Å². The molecule has 108 valence electrons. The van der Waals surface area contributed by atoms with Gasteiger partial charge in [0, 0.05) is 0 Å². The van der Waals surface area contributed by atoms with Crippen LogP contribution >= 0.6 is 0 Å². The lowest BCUT2D eigenvalue weighted by Gasteiger charge is -1.98. The van der Waals surface area contributed by atoms with Crippen molar-refractivity contribution in [1.82, 2.24) is 0 Å². The highest BCUT2D eigenvalue weighted by molar-refractivity contribution is 4.83. The fourth-order valence-electron chi connectivity index (χ4n) is 0.386. The van der Waals surface area contributed by atoms with E-state index in [0.717, 1.165) is 0 Å². The van der Waals surface area contributed by atoms with E-state index in [1.165, 1.54) is 0 Å². The Kier molecular flexibility index (Phi) is 8.48. The van der Waals surface area contributed by atoms with Crippen LogP contribution in [0.1, 0.15) is 12.8 Å². The molecule has 0 radical (unpaired) electrons. The van der Waals surface area contributed by atoms with Gasteiger partial charge >= 0.3 is 12.4 Å². The van der Waals surface area contributed by atoms with Crippen molar-refractivity contribution in [2.24, 2.45) is 0 Å². The molecule has 10 heteroatoms. The summed E-state index contributed by atoms with van der Waals surface area (Å²) >= 11 is 0. The highest BCUT2D eigenvalue weighted by atomic mass is 19.4. The second kappa shape index (κ2) is 7.98. The van der Waals surface area contributed by atoms with Crippen LogP contribution in [-0.4, -0.2) is 12.4 Å². The molecule has 0 N–H and O–H groups in total. The lowest BCUT2D eigenvalue weighted by Crippen LogP contribution is -2.04. The third-order valence-corrected chi connectivity index (χ3v) is 0.976. The molecule has 0 heterocycles. The SMILES string of the molecule is FC(F)=CCC(F)(F)F.FC(F)=CCC(F)(F)F. The van der Waals surface area contributed by atoms with Crippen molar-refractivity contribution in [1.29, 1.82) is 0 Å². The third kappa shape index (κ3) is 24.2. The first kappa shape index (κ1) is 19.1. The van der Waals surface area contributed by atoms with Gasteiger partial charge in [-0.2, -0.15) is 43.9 Å². The van der Waals surface area contributed by atoms with Crippen LogP contribution in [0.3, 0.4) is 0 Å². The van der Waals surface area contributed by atoms with E-state index in [0.29, 0.717) is 0 Å². The third-order valence-electron chi connectivity index (χ3n) is 0.976. The van der Waals surface area contributed by atoms with Crippen molar-refractivity contribution in [3.63, 3.8) is 0 Å². The predicted molar refractivity (Wildman–Crippen MR) is 41.9 cm³/mol. The Morgan fingerprint density at radius 2 is 0.833 bits per heavy atom. The summed E-state index contributed by atoms with van der Waals surface area (Å²) in [6.07, 6.45) is -17.1. The Morgan fingerprint density at radius 3 is 0.889 bits per heavy atom. The summed E-state index contributed by atoms with van der Waals surface area (Å²) in [4.78, 5) is 0. The first-order valence-corrected chi connectivity index (χ1v) is 3.99. The molecule has 0 unspecified atom stereocenters. The summed E-state index contributed by atoms with van der Waals surface area (Å²) in [5.74, 6) is 0. The van der Waals surface area contributed by atoms with Crippen molar-refractivity contribution in [2.75, 3.05) is 0 Å². The van der Waals surface area contributed by atoms with Crippen molar-refractivity contribution >= 4 is 0 Å². The van der Waals surface area contributed by atoms with Crippen LogP contribution in [0.5, 0.6) is 0 Å². The number of rotatable bonds is 2. The second-order valence-corrected chi connectivity index (χ2v) is 2.63. The molecular weight excluding hydrogens is 286 g/mol. The fraction of sp³-hybridized carbons (Fsp3) is 0.500. The average Bonchev–Trinajstić information content (AvgIpc) is 2.10. The molecule has 0 aliphatic rings. The summed E-state index contributed by atoms with van der Waals surface area (Å²) < 4.78 is 110. The zero-order valence-electron chi connectivity index (χ0n) is 8.35. The Bertz CT molecular complexity index is 243. The zero-order valence-corrected chi connectivity index (χ0v) is 8.35. The number of alkyl halides is 6. The van der Waals surface area contributed by atoms with Crippen LogP contribution in [0.2, 0.25) is 0 Å². The van der Waals surface area contributed by atoms with Crippen LogP contribution < -0.4 is 0 Å². The minimum Gasteiger partial charge on any atom is -0.174 e. The Labute approximate surface area is 94.6 Å². The van der Waals surface area contributed by atoms with Crippen LogP contribution in [0.4, 0.5) is 43.9 Å². The monoisotopic (exact) mass is 292 g/mol. The van der Waals surface area contributed by atoms with Crippen molar-refractivity contribution in [3.05, 3.63) is 24.3 Å². The Balaban J connectivity index is 0. The minimum atomic E-state index is -4.52. The van der Waals surface area contributed by atoms with Gasteiger partial charge < -0.3 is 0 Å². The van der Waals surface area contributed by atoms with Gasteiger partial charge in [-0.3, -0.25) is 0 Å². The van der Waals surface area contributed by atoms with Gasteiger partial charge in [0.15, 0.2) is 0 Å². The van der Waals surface area contributed by atoms with Gasteiger partial charge in [-0.15, -0.1) is 0 Å². The summed E-state index contributed by atoms with van der Waals surface area (Å²) in [5.41, 5.74) is 0. The molecule has 0 bridgehead atoms. The molecule has 18 heavy (non-hydrogen) atoms. The summed E-state index contributed by atoms with van der Waals surface area (Å²) in [5, 5.41) is 0. The summed E-state index contributed by atoms with van der Waals surface area (Å²) in [6, 6.07) is 0. The van der Waals surface area contributed by atoms with Crippen LogP contribution in [-0.2, 0) is 0 Å². The van der Waals surface area contributed by atoms with Crippen LogP contribution in [0.25, 0.3) is 0 Å². The molecule has 0 aromatic rings. The number of hydrogen-bond acceptors (Lipinski definition) is 0. The quantitative estimate of drug-likeness (QED) is 0.595. The predicted octanol–water partition coefficient (Wildman–Crippen LogP) is 5.44. The molecular formula is C8H6F10. The Morgan fingerprint density at radius 1 is 0.611 bits per heavy atom. The van der Waals surface area contributed by atoms with Gasteiger partial charge in [-0.25, -0.2) is 0 Å². The van der Waals surface area contributed by atoms with Crippen molar-refractivity contribution in [3.8, 4) is 0 Å². The minimum absolute atomic E-state index is 0.167. The maximum atomic E-state index is 11.0. The molecule has 0 spiro atoms. The van der Waals surface area contributed by atoms with Crippen LogP contribution in [0.15, 0.2) is 24.3 Å². The lowest BCUT2D eigenvalue weighted by atomic mass is 10.4. The largest absolute Gasteiger partial charge is 0.392 e. The number of allylic oxidation sites excluding steroid dienone is 2. The second-order valence-electron chi connectivity index (χ2n) is 2.63. The van der Waals surface area contributed by atoms with E-state index >= 15 is 0 Å². The smallest absolute Gasteiger partial charge is 0.174 e. The summed E-state index contributed by atoms with van der Waals surface area (Å²) in [6.45, 7) is 0. The van der Waals surface area contributed by atoms with E-state index < -0.39 is 37.4 Å².